The smallest absolute Gasteiger partial charge is 0.358 e. The van der Waals surface area contributed by atoms with Crippen LogP contribution in [-0.2, 0) is 0 Å². The number of benzene rings is 1. The molecule has 0 fully saturated rings. The second-order valence-electron chi connectivity index (χ2n) is 3.27. The minimum Gasteiger partial charge on any atom is -0.476 e. The Hall–Kier alpha value is -1.62. The van der Waals surface area contributed by atoms with Crippen LogP contribution in [0.4, 0.5) is 0 Å². The zero-order valence-corrected chi connectivity index (χ0v) is 9.98. The minimum atomic E-state index is -1.09. The lowest BCUT2D eigenvalue weighted by Crippen LogP contribution is -1.98. The maximum atomic E-state index is 10.9. The van der Waals surface area contributed by atoms with E-state index in [2.05, 4.69) is 21.1 Å². The minimum absolute atomic E-state index is 0.0557. The molecule has 0 unspecified atom stereocenters. The largest absolute Gasteiger partial charge is 0.476 e. The number of carboxylic acid groups (broad SMARTS) is 1. The van der Waals surface area contributed by atoms with Gasteiger partial charge in [-0.1, -0.05) is 33.2 Å². The topological polar surface area (TPSA) is 63.3 Å². The van der Waals surface area contributed by atoms with Gasteiger partial charge < -0.3 is 9.63 Å². The Morgan fingerprint density at radius 1 is 1.38 bits per heavy atom. The van der Waals surface area contributed by atoms with E-state index in [1.807, 2.05) is 24.3 Å². The van der Waals surface area contributed by atoms with E-state index in [-0.39, 0.29) is 5.69 Å². The fourth-order valence-electron chi connectivity index (χ4n) is 1.47. The van der Waals surface area contributed by atoms with Crippen LogP contribution < -0.4 is 0 Å². The van der Waals surface area contributed by atoms with E-state index < -0.39 is 5.97 Å². The van der Waals surface area contributed by atoms with Crippen molar-refractivity contribution in [2.75, 3.05) is 0 Å². The van der Waals surface area contributed by atoms with Gasteiger partial charge in [0.25, 0.3) is 0 Å². The molecule has 82 valence electrons. The number of aryl methyl sites for hydroxylation is 1. The van der Waals surface area contributed by atoms with Crippen LogP contribution in [0, 0.1) is 6.92 Å². The Morgan fingerprint density at radius 2 is 2.00 bits per heavy atom. The molecular formula is C11H8BrNO3. The highest BCUT2D eigenvalue weighted by atomic mass is 79.9. The lowest BCUT2D eigenvalue weighted by Gasteiger charge is -2.00. The van der Waals surface area contributed by atoms with E-state index in [0.717, 1.165) is 10.0 Å². The molecule has 0 aliphatic carbocycles. The third kappa shape index (κ3) is 1.86. The molecule has 16 heavy (non-hydrogen) atoms. The molecule has 1 N–H and O–H groups in total. The van der Waals surface area contributed by atoms with Crippen LogP contribution in [-0.4, -0.2) is 16.2 Å². The lowest BCUT2D eigenvalue weighted by molar-refractivity contribution is 0.0686. The Labute approximate surface area is 100 Å². The van der Waals surface area contributed by atoms with E-state index in [0.29, 0.717) is 11.3 Å². The summed E-state index contributed by atoms with van der Waals surface area (Å²) in [5, 5.41) is 12.5. The van der Waals surface area contributed by atoms with Crippen LogP contribution in [0.3, 0.4) is 0 Å². The van der Waals surface area contributed by atoms with Gasteiger partial charge in [0, 0.05) is 4.47 Å². The molecule has 0 saturated carbocycles. The van der Waals surface area contributed by atoms with E-state index in [1.165, 1.54) is 0 Å². The van der Waals surface area contributed by atoms with Gasteiger partial charge in [0.15, 0.2) is 5.69 Å². The molecule has 2 rings (SSSR count). The summed E-state index contributed by atoms with van der Waals surface area (Å²) in [6, 6.07) is 7.31. The first-order valence-electron chi connectivity index (χ1n) is 4.55. The molecule has 0 spiro atoms. The van der Waals surface area contributed by atoms with Gasteiger partial charge in [-0.25, -0.2) is 4.79 Å². The highest BCUT2D eigenvalue weighted by molar-refractivity contribution is 9.10. The number of aromatic nitrogens is 1. The van der Waals surface area contributed by atoms with Crippen molar-refractivity contribution in [2.24, 2.45) is 0 Å². The molecule has 5 heteroatoms. The molecule has 0 radical (unpaired) electrons. The van der Waals surface area contributed by atoms with Gasteiger partial charge >= 0.3 is 5.97 Å². The molecule has 1 aromatic carbocycles. The summed E-state index contributed by atoms with van der Waals surface area (Å²) < 4.78 is 5.83. The van der Waals surface area contributed by atoms with Crippen LogP contribution in [0.2, 0.25) is 0 Å². The fraction of sp³-hybridized carbons (Fsp3) is 0.0909. The van der Waals surface area contributed by atoms with E-state index in [4.69, 9.17) is 9.63 Å². The molecule has 0 aliphatic heterocycles. The van der Waals surface area contributed by atoms with Crippen LogP contribution in [0.15, 0.2) is 33.3 Å². The molecule has 2 aromatic rings. The van der Waals surface area contributed by atoms with Crippen LogP contribution in [0.5, 0.6) is 0 Å². The summed E-state index contributed by atoms with van der Waals surface area (Å²) in [4.78, 5) is 10.9. The van der Waals surface area contributed by atoms with Gasteiger partial charge in [0.2, 0.25) is 0 Å². The summed E-state index contributed by atoms with van der Waals surface area (Å²) in [5.74, 6) is -0.588. The number of carboxylic acids is 1. The Bertz CT molecular complexity index is 531. The van der Waals surface area contributed by atoms with Gasteiger partial charge in [-0.15, -0.1) is 0 Å². The predicted molar refractivity (Wildman–Crippen MR) is 61.3 cm³/mol. The van der Waals surface area contributed by atoms with Crippen molar-refractivity contribution >= 4 is 21.9 Å². The normalized spacial score (nSPS) is 10.4. The molecular weight excluding hydrogens is 274 g/mol. The molecule has 0 bridgehead atoms. The number of nitrogens with zero attached hydrogens (tertiary/aromatic N) is 1. The number of aromatic carboxylic acids is 1. The Morgan fingerprint density at radius 3 is 2.56 bits per heavy atom. The van der Waals surface area contributed by atoms with Gasteiger partial charge in [-0.2, -0.15) is 0 Å². The van der Waals surface area contributed by atoms with Crippen LogP contribution >= 0.6 is 15.9 Å². The van der Waals surface area contributed by atoms with Crippen LogP contribution in [0.25, 0.3) is 11.1 Å². The first kappa shape index (κ1) is 10.9. The van der Waals surface area contributed by atoms with Crippen LogP contribution in [0.1, 0.15) is 16.2 Å². The average Bonchev–Trinajstić information content (AvgIpc) is 2.62. The predicted octanol–water partition coefficient (Wildman–Crippen LogP) is 3.11. The highest BCUT2D eigenvalue weighted by Crippen LogP contribution is 2.28. The van der Waals surface area contributed by atoms with Crippen molar-refractivity contribution < 1.29 is 14.4 Å². The molecule has 0 atom stereocenters. The molecule has 4 nitrogen and oxygen atoms in total. The molecule has 0 aliphatic rings. The maximum Gasteiger partial charge on any atom is 0.358 e. The first-order valence-corrected chi connectivity index (χ1v) is 5.34. The van der Waals surface area contributed by atoms with Crippen molar-refractivity contribution in [2.45, 2.75) is 6.92 Å². The summed E-state index contributed by atoms with van der Waals surface area (Å²) in [7, 11) is 0. The maximum absolute atomic E-state index is 10.9. The average molecular weight is 282 g/mol. The first-order chi connectivity index (χ1) is 7.59. The highest BCUT2D eigenvalue weighted by Gasteiger charge is 2.20. The molecule has 1 heterocycles. The molecule has 1 aromatic heterocycles. The quantitative estimate of drug-likeness (QED) is 0.919. The van der Waals surface area contributed by atoms with Gasteiger partial charge in [0.1, 0.15) is 5.76 Å². The van der Waals surface area contributed by atoms with Crippen molar-refractivity contribution in [3.05, 3.63) is 40.2 Å². The fourth-order valence-corrected chi connectivity index (χ4v) is 1.74. The van der Waals surface area contributed by atoms with E-state index in [1.54, 1.807) is 6.92 Å². The van der Waals surface area contributed by atoms with Crippen molar-refractivity contribution in [1.82, 2.24) is 5.16 Å². The van der Waals surface area contributed by atoms with Crippen molar-refractivity contribution in [3.63, 3.8) is 0 Å². The lowest BCUT2D eigenvalue weighted by atomic mass is 10.0. The SMILES string of the molecule is Cc1onc(C(=O)O)c1-c1ccc(Br)cc1. The number of hydrogen-bond donors (Lipinski definition) is 1. The zero-order chi connectivity index (χ0) is 11.7. The third-order valence-electron chi connectivity index (χ3n) is 2.20. The van der Waals surface area contributed by atoms with Crippen molar-refractivity contribution in [3.8, 4) is 11.1 Å². The standard InChI is InChI=1S/C11H8BrNO3/c1-6-9(10(11(14)15)13-16-6)7-2-4-8(12)5-3-7/h2-5H,1H3,(H,14,15). The summed E-state index contributed by atoms with van der Waals surface area (Å²) >= 11 is 3.32. The molecule has 0 saturated heterocycles. The zero-order valence-electron chi connectivity index (χ0n) is 8.40. The van der Waals surface area contributed by atoms with Crippen molar-refractivity contribution in [1.29, 1.82) is 0 Å². The second-order valence-corrected chi connectivity index (χ2v) is 4.19. The Balaban J connectivity index is 2.58. The number of carbonyl (C=O) groups is 1. The van der Waals surface area contributed by atoms with E-state index >= 15 is 0 Å². The van der Waals surface area contributed by atoms with Gasteiger partial charge in [-0.05, 0) is 24.6 Å². The number of rotatable bonds is 2. The van der Waals surface area contributed by atoms with E-state index in [9.17, 15) is 4.79 Å². The second kappa shape index (κ2) is 4.09. The summed E-state index contributed by atoms with van der Waals surface area (Å²) in [5.41, 5.74) is 1.25. The summed E-state index contributed by atoms with van der Waals surface area (Å²) in [6.45, 7) is 1.69. The Kier molecular flexibility index (Phi) is 2.78. The monoisotopic (exact) mass is 281 g/mol. The summed E-state index contributed by atoms with van der Waals surface area (Å²) in [6.07, 6.45) is 0. The third-order valence-corrected chi connectivity index (χ3v) is 2.73. The molecule has 0 amide bonds. The number of halogens is 1. The van der Waals surface area contributed by atoms with Gasteiger partial charge in [-0.3, -0.25) is 0 Å². The van der Waals surface area contributed by atoms with Gasteiger partial charge in [0.05, 0.1) is 5.56 Å². The number of hydrogen-bond acceptors (Lipinski definition) is 3.